The van der Waals surface area contributed by atoms with Crippen LogP contribution in [0.15, 0.2) is 23.1 Å². The minimum absolute atomic E-state index is 0.292. The Hall–Kier alpha value is -0.240. The van der Waals surface area contributed by atoms with Crippen molar-refractivity contribution in [3.8, 4) is 0 Å². The molecule has 0 aliphatic heterocycles. The van der Waals surface area contributed by atoms with Gasteiger partial charge >= 0.3 is 0 Å². The van der Waals surface area contributed by atoms with Crippen LogP contribution in [-0.2, 0) is 0 Å². The van der Waals surface area contributed by atoms with Crippen LogP contribution in [0.1, 0.15) is 12.8 Å². The van der Waals surface area contributed by atoms with Crippen LogP contribution < -0.4 is 0 Å². The second-order valence-corrected chi connectivity index (χ2v) is 2.88. The highest BCUT2D eigenvalue weighted by molar-refractivity contribution is 8.02. The summed E-state index contributed by atoms with van der Waals surface area (Å²) in [6.45, 7) is 0. The molecule has 2 heteroatoms. The average Bonchev–Trinajstić information content (AvgIpc) is 1.91. The normalized spacial score (nSPS) is 17.7. The summed E-state index contributed by atoms with van der Waals surface area (Å²) in [7, 11) is 0. The molecule has 0 nitrogen and oxygen atoms in total. The van der Waals surface area contributed by atoms with Gasteiger partial charge in [-0.05, 0) is 17.7 Å². The predicted molar refractivity (Wildman–Crippen MR) is 40.0 cm³/mol. The summed E-state index contributed by atoms with van der Waals surface area (Å²) in [5, 5.41) is 0. The number of allylic oxidation sites excluding steroid dienone is 4. The third-order valence-electron chi connectivity index (χ3n) is 1.22. The molecule has 0 amide bonds. The molecule has 0 unspecified atom stereocenters. The van der Waals surface area contributed by atoms with Gasteiger partial charge in [0, 0.05) is 0 Å². The van der Waals surface area contributed by atoms with Gasteiger partial charge in [-0.1, -0.05) is 30.0 Å². The monoisotopic (exact) mass is 144 g/mol. The van der Waals surface area contributed by atoms with Gasteiger partial charge in [0.15, 0.2) is 0 Å². The number of halogens is 1. The van der Waals surface area contributed by atoms with Crippen molar-refractivity contribution in [2.75, 3.05) is 6.01 Å². The maximum absolute atomic E-state index is 11.7. The van der Waals surface area contributed by atoms with Crippen molar-refractivity contribution in [2.45, 2.75) is 12.8 Å². The van der Waals surface area contributed by atoms with Crippen LogP contribution in [0.4, 0.5) is 4.39 Å². The van der Waals surface area contributed by atoms with E-state index in [9.17, 15) is 4.39 Å². The van der Waals surface area contributed by atoms with Crippen molar-refractivity contribution < 1.29 is 4.39 Å². The molecule has 50 valence electrons. The Morgan fingerprint density at radius 2 is 2.56 bits per heavy atom. The molecule has 1 aliphatic rings. The van der Waals surface area contributed by atoms with Crippen LogP contribution in [0.3, 0.4) is 0 Å². The van der Waals surface area contributed by atoms with Crippen LogP contribution >= 0.6 is 11.8 Å². The van der Waals surface area contributed by atoms with E-state index in [4.69, 9.17) is 0 Å². The first-order valence-electron chi connectivity index (χ1n) is 2.98. The Morgan fingerprint density at radius 1 is 1.67 bits per heavy atom. The van der Waals surface area contributed by atoms with Gasteiger partial charge in [0.2, 0.25) is 0 Å². The fourth-order valence-corrected chi connectivity index (χ4v) is 1.35. The van der Waals surface area contributed by atoms with Crippen molar-refractivity contribution in [3.05, 3.63) is 23.1 Å². The number of rotatable bonds is 2. The molecule has 0 spiro atoms. The maximum atomic E-state index is 11.7. The molecule has 1 aliphatic carbocycles. The van der Waals surface area contributed by atoms with Gasteiger partial charge < -0.3 is 0 Å². The van der Waals surface area contributed by atoms with E-state index in [0.717, 1.165) is 12.8 Å². The highest BCUT2D eigenvalue weighted by atomic mass is 32.2. The predicted octanol–water partition coefficient (Wildman–Crippen LogP) is 2.88. The average molecular weight is 144 g/mol. The van der Waals surface area contributed by atoms with Gasteiger partial charge in [-0.2, -0.15) is 0 Å². The Balaban J connectivity index is 2.38. The summed E-state index contributed by atoms with van der Waals surface area (Å²) in [5.74, 6) is 0. The van der Waals surface area contributed by atoms with Gasteiger partial charge in [0.05, 0.1) is 0 Å². The van der Waals surface area contributed by atoms with Gasteiger partial charge in [-0.15, -0.1) is 0 Å². The van der Waals surface area contributed by atoms with Crippen LogP contribution in [0.25, 0.3) is 0 Å². The lowest BCUT2D eigenvalue weighted by Gasteiger charge is -2.03. The van der Waals surface area contributed by atoms with Crippen molar-refractivity contribution in [1.29, 1.82) is 0 Å². The minimum atomic E-state index is -0.292. The van der Waals surface area contributed by atoms with Crippen LogP contribution in [0, 0.1) is 0 Å². The summed E-state index contributed by atoms with van der Waals surface area (Å²) in [6.07, 6.45) is 8.15. The maximum Gasteiger partial charge on any atom is 0.139 e. The summed E-state index contributed by atoms with van der Waals surface area (Å²) in [5.41, 5.74) is 0. The van der Waals surface area contributed by atoms with Gasteiger partial charge in [-0.3, -0.25) is 0 Å². The van der Waals surface area contributed by atoms with E-state index in [-0.39, 0.29) is 6.01 Å². The topological polar surface area (TPSA) is 0 Å². The molecule has 0 aromatic heterocycles. The first-order chi connectivity index (χ1) is 4.43. The van der Waals surface area contributed by atoms with E-state index in [1.165, 1.54) is 16.7 Å². The Kier molecular flexibility index (Phi) is 2.84. The highest BCUT2D eigenvalue weighted by Gasteiger charge is 1.97. The molecule has 0 radical (unpaired) electrons. The fourth-order valence-electron chi connectivity index (χ4n) is 0.771. The molecule has 0 saturated heterocycles. The zero-order valence-electron chi connectivity index (χ0n) is 5.14. The zero-order valence-corrected chi connectivity index (χ0v) is 5.96. The quantitative estimate of drug-likeness (QED) is 0.574. The van der Waals surface area contributed by atoms with E-state index < -0.39 is 0 Å². The Bertz CT molecular complexity index is 138. The van der Waals surface area contributed by atoms with E-state index in [2.05, 4.69) is 6.08 Å². The SMILES string of the molecule is FCSC1=CC=CCC1. The van der Waals surface area contributed by atoms with Crippen LogP contribution in [0.5, 0.6) is 0 Å². The van der Waals surface area contributed by atoms with Crippen molar-refractivity contribution in [2.24, 2.45) is 0 Å². The molecular formula is C7H9FS. The largest absolute Gasteiger partial charge is 0.239 e. The molecule has 1 rings (SSSR count). The molecule has 0 heterocycles. The summed E-state index contributed by atoms with van der Waals surface area (Å²) < 4.78 is 11.7. The highest BCUT2D eigenvalue weighted by Crippen LogP contribution is 2.23. The van der Waals surface area contributed by atoms with E-state index in [1.807, 2.05) is 12.2 Å². The molecule has 0 atom stereocenters. The molecule has 0 N–H and O–H groups in total. The lowest BCUT2D eigenvalue weighted by Crippen LogP contribution is -1.81. The molecular weight excluding hydrogens is 135 g/mol. The summed E-state index contributed by atoms with van der Waals surface area (Å²) in [6, 6.07) is -0.292. The second-order valence-electron chi connectivity index (χ2n) is 1.85. The zero-order chi connectivity index (χ0) is 6.53. The number of alkyl halides is 1. The third-order valence-corrected chi connectivity index (χ3v) is 2.04. The molecule has 0 aromatic carbocycles. The Labute approximate surface area is 58.8 Å². The Morgan fingerprint density at radius 3 is 3.11 bits per heavy atom. The minimum Gasteiger partial charge on any atom is -0.239 e. The molecule has 0 saturated carbocycles. The first kappa shape index (κ1) is 6.87. The van der Waals surface area contributed by atoms with Gasteiger partial charge in [0.1, 0.15) is 6.01 Å². The van der Waals surface area contributed by atoms with Crippen molar-refractivity contribution in [3.63, 3.8) is 0 Å². The standard InChI is InChI=1S/C7H9FS/c8-6-9-7-4-2-1-3-5-7/h1-2,4H,3,5-6H2. The van der Waals surface area contributed by atoms with Crippen molar-refractivity contribution >= 4 is 11.8 Å². The van der Waals surface area contributed by atoms with E-state index in [1.54, 1.807) is 0 Å². The lowest BCUT2D eigenvalue weighted by atomic mass is 10.2. The lowest BCUT2D eigenvalue weighted by molar-refractivity contribution is 0.606. The van der Waals surface area contributed by atoms with E-state index >= 15 is 0 Å². The fraction of sp³-hybridized carbons (Fsp3) is 0.429. The number of hydrogen-bond donors (Lipinski definition) is 0. The summed E-state index contributed by atoms with van der Waals surface area (Å²) in [4.78, 5) is 1.17. The van der Waals surface area contributed by atoms with Gasteiger partial charge in [0.25, 0.3) is 0 Å². The molecule has 0 fully saturated rings. The smallest absolute Gasteiger partial charge is 0.139 e. The van der Waals surface area contributed by atoms with Crippen LogP contribution in [-0.4, -0.2) is 6.01 Å². The second kappa shape index (κ2) is 3.72. The molecule has 9 heavy (non-hydrogen) atoms. The molecule has 0 aromatic rings. The summed E-state index contributed by atoms with van der Waals surface area (Å²) >= 11 is 1.30. The number of thioether (sulfide) groups is 1. The third kappa shape index (κ3) is 2.22. The number of hydrogen-bond acceptors (Lipinski definition) is 1. The first-order valence-corrected chi connectivity index (χ1v) is 3.96. The molecule has 0 bridgehead atoms. The van der Waals surface area contributed by atoms with E-state index in [0.29, 0.717) is 0 Å². The van der Waals surface area contributed by atoms with Crippen molar-refractivity contribution in [1.82, 2.24) is 0 Å². The van der Waals surface area contributed by atoms with Crippen LogP contribution in [0.2, 0.25) is 0 Å². The van der Waals surface area contributed by atoms with Gasteiger partial charge in [-0.25, -0.2) is 4.39 Å².